The van der Waals surface area contributed by atoms with Gasteiger partial charge in [0.15, 0.2) is 0 Å². The zero-order valence-electron chi connectivity index (χ0n) is 12.1. The number of aromatic nitrogens is 1. The average molecular weight is 336 g/mol. The summed E-state index contributed by atoms with van der Waals surface area (Å²) in [7, 11) is -3.95. The lowest BCUT2D eigenvalue weighted by atomic mass is 9.95. The first kappa shape index (κ1) is 17.2. The van der Waals surface area contributed by atoms with Crippen LogP contribution < -0.4 is 0 Å². The third-order valence-corrected chi connectivity index (χ3v) is 5.77. The molecule has 0 bridgehead atoms. The molecule has 1 aliphatic rings. The normalized spacial score (nSPS) is 17.8. The zero-order chi connectivity index (χ0) is 16.2. The summed E-state index contributed by atoms with van der Waals surface area (Å²) in [6.07, 6.45) is 0.996. The summed E-state index contributed by atoms with van der Waals surface area (Å²) in [6, 6.07) is 2.47. The largest absolute Gasteiger partial charge is 0.390 e. The van der Waals surface area contributed by atoms with Crippen LogP contribution in [0.15, 0.2) is 29.4 Å². The molecule has 0 unspecified atom stereocenters. The van der Waals surface area contributed by atoms with E-state index in [2.05, 4.69) is 4.98 Å². The number of pyridine rings is 1. The molecule has 2 rings (SSSR count). The van der Waals surface area contributed by atoms with Crippen LogP contribution in [-0.4, -0.2) is 36.5 Å². The molecule has 0 radical (unpaired) electrons. The minimum absolute atomic E-state index is 0.0530. The Bertz CT molecular complexity index is 570. The van der Waals surface area contributed by atoms with E-state index in [1.165, 1.54) is 24.5 Å². The lowest BCUT2D eigenvalue weighted by Gasteiger charge is -2.33. The quantitative estimate of drug-likeness (QED) is 0.828. The Kier molecular flexibility index (Phi) is 5.44. The average Bonchev–Trinajstić information content (AvgIpc) is 2.48. The molecule has 0 aromatic carbocycles. The molecule has 0 amide bonds. The summed E-state index contributed by atoms with van der Waals surface area (Å²) in [5, 5.41) is 0. The fraction of sp³-hybridized carbons (Fsp3) is 0.643. The van der Waals surface area contributed by atoms with Crippen LogP contribution in [0.4, 0.5) is 13.2 Å². The molecule has 1 fully saturated rings. The van der Waals surface area contributed by atoms with Gasteiger partial charge in [0.05, 0.1) is 6.42 Å². The molecule has 1 saturated carbocycles. The van der Waals surface area contributed by atoms with Gasteiger partial charge < -0.3 is 0 Å². The molecule has 8 heteroatoms. The van der Waals surface area contributed by atoms with Gasteiger partial charge in [-0.2, -0.15) is 17.5 Å². The summed E-state index contributed by atoms with van der Waals surface area (Å²) < 4.78 is 64.0. The molecule has 1 heterocycles. The second kappa shape index (κ2) is 6.95. The van der Waals surface area contributed by atoms with Crippen molar-refractivity contribution < 1.29 is 21.6 Å². The molecule has 124 valence electrons. The number of hydrogen-bond donors (Lipinski definition) is 0. The molecule has 1 aromatic heterocycles. The van der Waals surface area contributed by atoms with E-state index in [4.69, 9.17) is 0 Å². The van der Waals surface area contributed by atoms with E-state index in [1.807, 2.05) is 0 Å². The minimum atomic E-state index is -4.38. The molecule has 0 saturated heterocycles. The van der Waals surface area contributed by atoms with Crippen molar-refractivity contribution in [2.24, 2.45) is 0 Å². The van der Waals surface area contributed by atoms with E-state index in [-0.39, 0.29) is 10.9 Å². The first-order valence-corrected chi connectivity index (χ1v) is 8.73. The Balaban J connectivity index is 2.26. The van der Waals surface area contributed by atoms with Gasteiger partial charge >= 0.3 is 6.18 Å². The monoisotopic (exact) mass is 336 g/mol. The van der Waals surface area contributed by atoms with Gasteiger partial charge in [-0.25, -0.2) is 8.42 Å². The summed E-state index contributed by atoms with van der Waals surface area (Å²) in [5.74, 6) is 0. The fourth-order valence-electron chi connectivity index (χ4n) is 2.74. The van der Waals surface area contributed by atoms with E-state index >= 15 is 0 Å². The van der Waals surface area contributed by atoms with Crippen LogP contribution in [0.1, 0.15) is 38.5 Å². The second-order valence-corrected chi connectivity index (χ2v) is 7.35. The molecular weight excluding hydrogens is 317 g/mol. The van der Waals surface area contributed by atoms with Crippen molar-refractivity contribution >= 4 is 10.0 Å². The van der Waals surface area contributed by atoms with Gasteiger partial charge in [0.2, 0.25) is 10.0 Å². The highest BCUT2D eigenvalue weighted by Gasteiger charge is 2.36. The molecule has 1 aliphatic carbocycles. The predicted octanol–water partition coefficient (Wildman–Crippen LogP) is 3.36. The number of hydrogen-bond acceptors (Lipinski definition) is 3. The third kappa shape index (κ3) is 4.42. The maximum absolute atomic E-state index is 12.7. The standard InChI is InChI=1S/C14H19F3N2O2S/c15-14(16,17)8-10-19(12-5-2-1-3-6-12)22(20,21)13-7-4-9-18-11-13/h4,7,9,11-12H,1-3,5-6,8,10H2. The number of halogens is 3. The van der Waals surface area contributed by atoms with Crippen molar-refractivity contribution in [1.29, 1.82) is 0 Å². The molecule has 1 aromatic rings. The van der Waals surface area contributed by atoms with Crippen LogP contribution in [0.5, 0.6) is 0 Å². The number of nitrogens with zero attached hydrogens (tertiary/aromatic N) is 2. The maximum atomic E-state index is 12.7. The Morgan fingerprint density at radius 2 is 1.91 bits per heavy atom. The number of sulfonamides is 1. The van der Waals surface area contributed by atoms with Crippen molar-refractivity contribution in [3.8, 4) is 0 Å². The highest BCUT2D eigenvalue weighted by atomic mass is 32.2. The highest BCUT2D eigenvalue weighted by molar-refractivity contribution is 7.89. The summed E-state index contributed by atoms with van der Waals surface area (Å²) in [6.45, 7) is -0.536. The van der Waals surface area contributed by atoms with Gasteiger partial charge in [-0.05, 0) is 25.0 Å². The minimum Gasteiger partial charge on any atom is -0.263 e. The van der Waals surface area contributed by atoms with Crippen LogP contribution in [0.2, 0.25) is 0 Å². The van der Waals surface area contributed by atoms with Crippen LogP contribution >= 0.6 is 0 Å². The van der Waals surface area contributed by atoms with E-state index in [9.17, 15) is 21.6 Å². The lowest BCUT2D eigenvalue weighted by molar-refractivity contribution is -0.136. The predicted molar refractivity (Wildman–Crippen MR) is 75.7 cm³/mol. The van der Waals surface area contributed by atoms with Gasteiger partial charge in [0.25, 0.3) is 0 Å². The van der Waals surface area contributed by atoms with Gasteiger partial charge in [0.1, 0.15) is 4.90 Å². The first-order chi connectivity index (χ1) is 10.3. The Morgan fingerprint density at radius 1 is 1.23 bits per heavy atom. The molecule has 22 heavy (non-hydrogen) atoms. The lowest BCUT2D eigenvalue weighted by Crippen LogP contribution is -2.43. The van der Waals surface area contributed by atoms with E-state index in [0.29, 0.717) is 12.8 Å². The Morgan fingerprint density at radius 3 is 2.45 bits per heavy atom. The highest BCUT2D eigenvalue weighted by Crippen LogP contribution is 2.30. The van der Waals surface area contributed by atoms with Crippen molar-refractivity contribution in [1.82, 2.24) is 9.29 Å². The van der Waals surface area contributed by atoms with Crippen molar-refractivity contribution in [2.45, 2.75) is 55.6 Å². The van der Waals surface area contributed by atoms with E-state index < -0.39 is 29.2 Å². The van der Waals surface area contributed by atoms with E-state index in [0.717, 1.165) is 23.6 Å². The number of alkyl halides is 3. The van der Waals surface area contributed by atoms with Crippen molar-refractivity contribution in [2.75, 3.05) is 6.54 Å². The molecule has 4 nitrogen and oxygen atoms in total. The van der Waals surface area contributed by atoms with Crippen molar-refractivity contribution in [3.63, 3.8) is 0 Å². The summed E-state index contributed by atoms with van der Waals surface area (Å²) in [5.41, 5.74) is 0. The summed E-state index contributed by atoms with van der Waals surface area (Å²) in [4.78, 5) is 3.71. The van der Waals surface area contributed by atoms with Gasteiger partial charge in [-0.3, -0.25) is 4.98 Å². The molecule has 0 aliphatic heterocycles. The van der Waals surface area contributed by atoms with E-state index in [1.54, 1.807) is 0 Å². The van der Waals surface area contributed by atoms with Crippen molar-refractivity contribution in [3.05, 3.63) is 24.5 Å². The molecular formula is C14H19F3N2O2S. The second-order valence-electron chi connectivity index (χ2n) is 5.46. The Labute approximate surface area is 128 Å². The zero-order valence-corrected chi connectivity index (χ0v) is 12.9. The molecule has 0 spiro atoms. The maximum Gasteiger partial charge on any atom is 0.390 e. The van der Waals surface area contributed by atoms with Gasteiger partial charge in [-0.1, -0.05) is 19.3 Å². The van der Waals surface area contributed by atoms with Crippen LogP contribution in [0, 0.1) is 0 Å². The molecule has 0 N–H and O–H groups in total. The topological polar surface area (TPSA) is 50.3 Å². The molecule has 0 atom stereocenters. The van der Waals surface area contributed by atoms with Gasteiger partial charge in [-0.15, -0.1) is 0 Å². The fourth-order valence-corrected chi connectivity index (χ4v) is 4.39. The van der Waals surface area contributed by atoms with Gasteiger partial charge in [0, 0.05) is 25.0 Å². The summed E-state index contributed by atoms with van der Waals surface area (Å²) >= 11 is 0. The Hall–Kier alpha value is -1.15. The number of rotatable bonds is 5. The van der Waals surface area contributed by atoms with Crippen LogP contribution in [0.3, 0.4) is 0 Å². The SMILES string of the molecule is O=S(=O)(c1cccnc1)N(CCC(F)(F)F)C1CCCCC1. The third-order valence-electron chi connectivity index (χ3n) is 3.84. The smallest absolute Gasteiger partial charge is 0.263 e. The van der Waals surface area contributed by atoms with Crippen LogP contribution in [0.25, 0.3) is 0 Å². The first-order valence-electron chi connectivity index (χ1n) is 7.29. The van der Waals surface area contributed by atoms with Crippen LogP contribution in [-0.2, 0) is 10.0 Å².